The number of hydrogen-bond acceptors (Lipinski definition) is 5. The van der Waals surface area contributed by atoms with Crippen LogP contribution in [0, 0.1) is 6.92 Å². The van der Waals surface area contributed by atoms with Gasteiger partial charge in [0.25, 0.3) is 11.8 Å². The van der Waals surface area contributed by atoms with E-state index in [1.807, 2.05) is 42.8 Å². The van der Waals surface area contributed by atoms with Gasteiger partial charge < -0.3 is 4.57 Å². The second kappa shape index (κ2) is 7.00. The number of amides is 2. The minimum atomic E-state index is -0.227. The second-order valence-electron chi connectivity index (χ2n) is 6.39. The number of thioether (sulfide) groups is 1. The van der Waals surface area contributed by atoms with Gasteiger partial charge in [-0.2, -0.15) is 0 Å². The highest BCUT2D eigenvalue weighted by Gasteiger charge is 2.34. The van der Waals surface area contributed by atoms with Gasteiger partial charge >= 0.3 is 0 Å². The van der Waals surface area contributed by atoms with Crippen LogP contribution in [0.2, 0.25) is 0 Å². The van der Waals surface area contributed by atoms with Gasteiger partial charge in [0.05, 0.1) is 11.1 Å². The Morgan fingerprint density at radius 1 is 0.926 bits per heavy atom. The van der Waals surface area contributed by atoms with Gasteiger partial charge in [0, 0.05) is 24.9 Å². The topological polar surface area (TPSA) is 68.1 Å². The normalized spacial score (nSPS) is 13.3. The van der Waals surface area contributed by atoms with Crippen molar-refractivity contribution in [1.82, 2.24) is 19.7 Å². The number of nitrogens with zero attached hydrogens (tertiary/aromatic N) is 4. The number of hydrogen-bond donors (Lipinski definition) is 0. The standard InChI is InChI=1S/C20H18N4O2S/c1-13-7-9-14(10-8-13)17-21-22-20(23(17)2)27-12-11-24-18(25)15-5-3-4-6-16(15)19(24)26/h3-10H,11-12H2,1-2H3. The summed E-state index contributed by atoms with van der Waals surface area (Å²) >= 11 is 1.48. The van der Waals surface area contributed by atoms with Crippen molar-refractivity contribution in [2.45, 2.75) is 12.1 Å². The van der Waals surface area contributed by atoms with E-state index in [9.17, 15) is 9.59 Å². The van der Waals surface area contributed by atoms with Crippen molar-refractivity contribution in [3.05, 3.63) is 65.2 Å². The third-order valence-corrected chi connectivity index (χ3v) is 5.57. The Bertz CT molecular complexity index is 992. The number of rotatable bonds is 5. The summed E-state index contributed by atoms with van der Waals surface area (Å²) in [5.41, 5.74) is 3.15. The average molecular weight is 378 g/mol. The molecular formula is C20H18N4O2S. The Hall–Kier alpha value is -2.93. The molecule has 1 aliphatic rings. The first-order valence-corrected chi connectivity index (χ1v) is 9.59. The van der Waals surface area contributed by atoms with Crippen LogP contribution in [0.3, 0.4) is 0 Å². The summed E-state index contributed by atoms with van der Waals surface area (Å²) in [5.74, 6) is 0.896. The first kappa shape index (κ1) is 17.5. The van der Waals surface area contributed by atoms with E-state index < -0.39 is 0 Å². The lowest BCUT2D eigenvalue weighted by atomic mass is 10.1. The number of aryl methyl sites for hydroxylation is 1. The van der Waals surface area contributed by atoms with Crippen molar-refractivity contribution in [3.63, 3.8) is 0 Å². The molecule has 1 aliphatic heterocycles. The maximum atomic E-state index is 12.4. The lowest BCUT2D eigenvalue weighted by molar-refractivity contribution is 0.0664. The molecule has 0 atom stereocenters. The Morgan fingerprint density at radius 2 is 1.56 bits per heavy atom. The molecule has 0 unspecified atom stereocenters. The van der Waals surface area contributed by atoms with Gasteiger partial charge in [-0.15, -0.1) is 10.2 Å². The fourth-order valence-electron chi connectivity index (χ4n) is 3.07. The van der Waals surface area contributed by atoms with Crippen molar-refractivity contribution in [1.29, 1.82) is 0 Å². The number of carbonyl (C=O) groups is 2. The summed E-state index contributed by atoms with van der Waals surface area (Å²) in [6.07, 6.45) is 0. The van der Waals surface area contributed by atoms with E-state index in [0.717, 1.165) is 16.5 Å². The predicted molar refractivity (Wildman–Crippen MR) is 104 cm³/mol. The Labute approximate surface area is 161 Å². The number of carbonyl (C=O) groups excluding carboxylic acids is 2. The van der Waals surface area contributed by atoms with Gasteiger partial charge in [-0.1, -0.05) is 53.7 Å². The van der Waals surface area contributed by atoms with Crippen LogP contribution in [0.5, 0.6) is 0 Å². The minimum Gasteiger partial charge on any atom is -0.305 e. The van der Waals surface area contributed by atoms with Crippen LogP contribution in [0.25, 0.3) is 11.4 Å². The molecule has 7 heteroatoms. The summed E-state index contributed by atoms with van der Waals surface area (Å²) < 4.78 is 1.93. The van der Waals surface area contributed by atoms with Gasteiger partial charge in [0.15, 0.2) is 11.0 Å². The summed E-state index contributed by atoms with van der Waals surface area (Å²) in [4.78, 5) is 26.1. The first-order chi connectivity index (χ1) is 13.1. The van der Waals surface area contributed by atoms with Crippen molar-refractivity contribution in [2.75, 3.05) is 12.3 Å². The van der Waals surface area contributed by atoms with E-state index in [-0.39, 0.29) is 11.8 Å². The van der Waals surface area contributed by atoms with E-state index in [4.69, 9.17) is 0 Å². The Morgan fingerprint density at radius 3 is 2.19 bits per heavy atom. The molecule has 2 amide bonds. The molecule has 0 fully saturated rings. The Kier molecular flexibility index (Phi) is 4.53. The zero-order valence-corrected chi connectivity index (χ0v) is 15.9. The molecule has 4 rings (SSSR count). The molecule has 6 nitrogen and oxygen atoms in total. The van der Waals surface area contributed by atoms with Gasteiger partial charge in [-0.3, -0.25) is 14.5 Å². The first-order valence-electron chi connectivity index (χ1n) is 8.60. The zero-order valence-electron chi connectivity index (χ0n) is 15.0. The van der Waals surface area contributed by atoms with E-state index in [0.29, 0.717) is 23.4 Å². The highest BCUT2D eigenvalue weighted by Crippen LogP contribution is 2.25. The highest BCUT2D eigenvalue weighted by molar-refractivity contribution is 7.99. The van der Waals surface area contributed by atoms with Gasteiger partial charge in [0.1, 0.15) is 0 Å². The largest absolute Gasteiger partial charge is 0.305 e. The third-order valence-electron chi connectivity index (χ3n) is 4.57. The summed E-state index contributed by atoms with van der Waals surface area (Å²) in [6, 6.07) is 15.1. The molecule has 136 valence electrons. The van der Waals surface area contributed by atoms with E-state index in [1.54, 1.807) is 24.3 Å². The third kappa shape index (κ3) is 3.14. The molecule has 0 N–H and O–H groups in total. The lowest BCUT2D eigenvalue weighted by Crippen LogP contribution is -2.31. The quantitative estimate of drug-likeness (QED) is 0.504. The monoisotopic (exact) mass is 378 g/mol. The van der Waals surface area contributed by atoms with Gasteiger partial charge in [0.2, 0.25) is 0 Å². The highest BCUT2D eigenvalue weighted by atomic mass is 32.2. The fraction of sp³-hybridized carbons (Fsp3) is 0.200. The lowest BCUT2D eigenvalue weighted by Gasteiger charge is -2.13. The molecular weight excluding hydrogens is 360 g/mol. The van der Waals surface area contributed by atoms with Crippen LogP contribution in [-0.4, -0.2) is 43.8 Å². The van der Waals surface area contributed by atoms with Crippen LogP contribution in [-0.2, 0) is 7.05 Å². The maximum Gasteiger partial charge on any atom is 0.261 e. The van der Waals surface area contributed by atoms with E-state index in [2.05, 4.69) is 10.2 Å². The molecule has 27 heavy (non-hydrogen) atoms. The van der Waals surface area contributed by atoms with Crippen molar-refractivity contribution in [3.8, 4) is 11.4 Å². The molecule has 2 heterocycles. The molecule has 1 aromatic heterocycles. The average Bonchev–Trinajstić information content (AvgIpc) is 3.16. The van der Waals surface area contributed by atoms with Gasteiger partial charge in [-0.05, 0) is 19.1 Å². The fourth-order valence-corrected chi connectivity index (χ4v) is 3.90. The van der Waals surface area contributed by atoms with E-state index >= 15 is 0 Å². The number of benzene rings is 2. The van der Waals surface area contributed by atoms with Gasteiger partial charge in [-0.25, -0.2) is 0 Å². The van der Waals surface area contributed by atoms with E-state index in [1.165, 1.54) is 22.2 Å². The molecule has 2 aromatic carbocycles. The molecule has 0 saturated carbocycles. The smallest absolute Gasteiger partial charge is 0.261 e. The summed E-state index contributed by atoms with van der Waals surface area (Å²) in [6.45, 7) is 2.38. The molecule has 0 radical (unpaired) electrons. The van der Waals surface area contributed by atoms with Crippen LogP contribution in [0.1, 0.15) is 26.3 Å². The molecule has 0 saturated heterocycles. The second-order valence-corrected chi connectivity index (χ2v) is 7.45. The number of imide groups is 1. The molecule has 0 spiro atoms. The van der Waals surface area contributed by atoms with Crippen molar-refractivity contribution in [2.24, 2.45) is 7.05 Å². The number of aromatic nitrogens is 3. The van der Waals surface area contributed by atoms with Crippen molar-refractivity contribution >= 4 is 23.6 Å². The predicted octanol–water partition coefficient (Wildman–Crippen LogP) is 3.18. The SMILES string of the molecule is Cc1ccc(-c2nnc(SCCN3C(=O)c4ccccc4C3=O)n2C)cc1. The molecule has 0 aliphatic carbocycles. The molecule has 0 bridgehead atoms. The minimum absolute atomic E-state index is 0.227. The number of fused-ring (bicyclic) bond motifs is 1. The van der Waals surface area contributed by atoms with Crippen LogP contribution < -0.4 is 0 Å². The summed E-state index contributed by atoms with van der Waals surface area (Å²) in [7, 11) is 1.92. The zero-order chi connectivity index (χ0) is 19.0. The van der Waals surface area contributed by atoms with Crippen molar-refractivity contribution < 1.29 is 9.59 Å². The van der Waals surface area contributed by atoms with Crippen LogP contribution >= 0.6 is 11.8 Å². The molecule has 3 aromatic rings. The Balaban J connectivity index is 1.43. The van der Waals surface area contributed by atoms with Crippen LogP contribution in [0.4, 0.5) is 0 Å². The maximum absolute atomic E-state index is 12.4. The summed E-state index contributed by atoms with van der Waals surface area (Å²) in [5, 5.41) is 9.27. The van der Waals surface area contributed by atoms with Crippen LogP contribution in [0.15, 0.2) is 53.7 Å².